The van der Waals surface area contributed by atoms with E-state index in [0.29, 0.717) is 24.9 Å². The number of hydrogen-bond acceptors (Lipinski definition) is 13. The van der Waals surface area contributed by atoms with Crippen LogP contribution < -0.4 is 49.1 Å². The number of aliphatic hydroxyl groups excluding tert-OH is 1. The van der Waals surface area contributed by atoms with Crippen LogP contribution in [0.5, 0.6) is 5.75 Å². The number of hydrogen-bond donors (Lipinski definition) is 13. The molecule has 0 heterocycles. The van der Waals surface area contributed by atoms with Gasteiger partial charge in [0.2, 0.25) is 41.4 Å². The van der Waals surface area contributed by atoms with Gasteiger partial charge in [-0.25, -0.2) is 0 Å². The minimum atomic E-state index is -1.43. The molecule has 308 valence electrons. The van der Waals surface area contributed by atoms with E-state index < -0.39 is 90.3 Å². The maximum atomic E-state index is 13.5. The average molecular weight is 820 g/mol. The highest BCUT2D eigenvalue weighted by atomic mass is 32.1. The van der Waals surface area contributed by atoms with Crippen molar-refractivity contribution in [1.29, 1.82) is 0 Å². The molecule has 0 unspecified atom stereocenters. The number of phenolic OH excluding ortho intramolecular Hbond substituents is 1. The summed E-state index contributed by atoms with van der Waals surface area (Å²) < 4.78 is 0. The zero-order chi connectivity index (χ0) is 41.8. The Morgan fingerprint density at radius 2 is 1.21 bits per heavy atom. The Morgan fingerprint density at radius 1 is 0.679 bits per heavy atom. The molecule has 20 heteroatoms. The molecule has 0 radical (unpaired) electrons. The zero-order valence-corrected chi connectivity index (χ0v) is 32.8. The standard InChI is InChI=1S/C36H53N9O9S2/c1-20(46)30(31(39)49)45-36(54)28(19-56)44-34(52)25(9-5-6-14-37)41-29(48)17-40-33(51)26(16-22-10-12-23(47)13-11-22)42-35(53)27(18-55)43-32(50)24(38)15-21-7-3-2-4-8-21/h2-4,7-8,10-13,20,24-28,30,46-47,55-56H,5-6,9,14-19,37-38H2,1H3,(H2,39,49)(H,40,51)(H,41,48)(H,42,53)(H,43,50)(H,44,52)(H,45,54)/t20-,24-,25+,26+,27+,28+,30+/m1/s1. The minimum Gasteiger partial charge on any atom is -0.508 e. The maximum Gasteiger partial charge on any atom is 0.244 e. The molecule has 2 rings (SSSR count). The summed E-state index contributed by atoms with van der Waals surface area (Å²) in [5.74, 6) is -5.94. The average Bonchev–Trinajstić information content (AvgIpc) is 3.16. The molecule has 0 saturated carbocycles. The fraction of sp³-hybridized carbons (Fsp3) is 0.472. The first-order valence-corrected chi connectivity index (χ1v) is 19.1. The molecule has 0 aliphatic rings. The fourth-order valence-electron chi connectivity index (χ4n) is 5.23. The number of carbonyl (C=O) groups is 7. The molecule has 0 aliphatic heterocycles. The van der Waals surface area contributed by atoms with Gasteiger partial charge in [-0.05, 0) is 62.4 Å². The Labute approximate surface area is 336 Å². The lowest BCUT2D eigenvalue weighted by Gasteiger charge is -2.25. The lowest BCUT2D eigenvalue weighted by Crippen LogP contribution is -2.59. The number of aliphatic hydroxyl groups is 1. The first-order valence-electron chi connectivity index (χ1n) is 17.8. The summed E-state index contributed by atoms with van der Waals surface area (Å²) in [6, 6.07) is 7.57. The molecule has 0 aliphatic carbocycles. The first kappa shape index (κ1) is 47.3. The molecule has 2 aromatic carbocycles. The van der Waals surface area contributed by atoms with E-state index in [1.807, 2.05) is 18.2 Å². The molecule has 18 nitrogen and oxygen atoms in total. The number of nitrogens with two attached hydrogens (primary N) is 3. The van der Waals surface area contributed by atoms with Gasteiger partial charge in [0, 0.05) is 17.9 Å². The van der Waals surface area contributed by atoms with E-state index in [1.54, 1.807) is 12.1 Å². The second-order valence-corrected chi connectivity index (χ2v) is 13.7. The normalized spacial score (nSPS) is 14.7. The first-order chi connectivity index (χ1) is 26.6. The Bertz CT molecular complexity index is 1620. The third-order valence-corrected chi connectivity index (χ3v) is 9.11. The Balaban J connectivity index is 2.14. The smallest absolute Gasteiger partial charge is 0.244 e. The van der Waals surface area contributed by atoms with E-state index in [2.05, 4.69) is 57.2 Å². The van der Waals surface area contributed by atoms with Gasteiger partial charge >= 0.3 is 0 Å². The second kappa shape index (κ2) is 24.6. The highest BCUT2D eigenvalue weighted by Gasteiger charge is 2.31. The summed E-state index contributed by atoms with van der Waals surface area (Å²) in [4.78, 5) is 90.6. The SMILES string of the molecule is C[C@@H](O)[C@H](NC(=O)[C@H](CS)NC(=O)[C@H](CCCCN)NC(=O)CNC(=O)[C@H](Cc1ccc(O)cc1)NC(=O)[C@H](CS)NC(=O)[C@H](N)Cc1ccccc1)C(N)=O. The molecule has 2 aromatic rings. The van der Waals surface area contributed by atoms with Crippen LogP contribution in [0.3, 0.4) is 0 Å². The molecular weight excluding hydrogens is 767 g/mol. The molecule has 14 N–H and O–H groups in total. The summed E-state index contributed by atoms with van der Waals surface area (Å²) in [5, 5.41) is 34.4. The van der Waals surface area contributed by atoms with Crippen LogP contribution in [0.25, 0.3) is 0 Å². The number of benzene rings is 2. The summed E-state index contributed by atoms with van der Waals surface area (Å²) in [5.41, 5.74) is 18.3. The molecule has 7 atom stereocenters. The van der Waals surface area contributed by atoms with Crippen LogP contribution in [0.15, 0.2) is 54.6 Å². The molecule has 0 saturated heterocycles. The van der Waals surface area contributed by atoms with Crippen molar-refractivity contribution in [2.24, 2.45) is 17.2 Å². The van der Waals surface area contributed by atoms with Gasteiger partial charge in [0.05, 0.1) is 18.7 Å². The van der Waals surface area contributed by atoms with Crippen LogP contribution >= 0.6 is 25.3 Å². The second-order valence-electron chi connectivity index (χ2n) is 13.0. The van der Waals surface area contributed by atoms with E-state index in [0.717, 1.165) is 5.56 Å². The molecule has 0 bridgehead atoms. The summed E-state index contributed by atoms with van der Waals surface area (Å²) in [7, 11) is 0. The number of thiol groups is 2. The third-order valence-electron chi connectivity index (χ3n) is 8.38. The van der Waals surface area contributed by atoms with Crippen molar-refractivity contribution in [2.45, 2.75) is 81.4 Å². The predicted molar refractivity (Wildman–Crippen MR) is 214 cm³/mol. The number of unbranched alkanes of at least 4 members (excludes halogenated alkanes) is 1. The topological polar surface area (TPSA) is 310 Å². The van der Waals surface area contributed by atoms with Crippen molar-refractivity contribution in [2.75, 3.05) is 24.6 Å². The van der Waals surface area contributed by atoms with E-state index in [1.165, 1.54) is 31.2 Å². The quantitative estimate of drug-likeness (QED) is 0.0372. The van der Waals surface area contributed by atoms with Gasteiger partial charge in [0.1, 0.15) is 36.0 Å². The molecule has 0 aromatic heterocycles. The largest absolute Gasteiger partial charge is 0.508 e. The van der Waals surface area contributed by atoms with Crippen LogP contribution in [0.1, 0.15) is 37.3 Å². The van der Waals surface area contributed by atoms with Gasteiger partial charge in [0.25, 0.3) is 0 Å². The van der Waals surface area contributed by atoms with Crippen molar-refractivity contribution < 1.29 is 43.8 Å². The number of rotatable bonds is 24. The van der Waals surface area contributed by atoms with Crippen LogP contribution in [0, 0.1) is 0 Å². The number of aromatic hydroxyl groups is 1. The van der Waals surface area contributed by atoms with Gasteiger partial charge in [-0.3, -0.25) is 33.6 Å². The highest BCUT2D eigenvalue weighted by molar-refractivity contribution is 7.80. The summed E-state index contributed by atoms with van der Waals surface area (Å²) in [6.45, 7) is 0.924. The van der Waals surface area contributed by atoms with E-state index in [4.69, 9.17) is 17.2 Å². The zero-order valence-electron chi connectivity index (χ0n) is 31.0. The fourth-order valence-corrected chi connectivity index (χ4v) is 5.74. The van der Waals surface area contributed by atoms with Crippen molar-refractivity contribution in [1.82, 2.24) is 31.9 Å². The number of phenols is 1. The van der Waals surface area contributed by atoms with E-state index in [-0.39, 0.29) is 36.5 Å². The highest BCUT2D eigenvalue weighted by Crippen LogP contribution is 2.12. The molecule has 7 amide bonds. The van der Waals surface area contributed by atoms with Crippen molar-refractivity contribution in [3.63, 3.8) is 0 Å². The van der Waals surface area contributed by atoms with Crippen molar-refractivity contribution >= 4 is 66.6 Å². The number of amides is 7. The van der Waals surface area contributed by atoms with Crippen LogP contribution in [-0.4, -0.2) is 119 Å². The van der Waals surface area contributed by atoms with Crippen LogP contribution in [0.4, 0.5) is 0 Å². The van der Waals surface area contributed by atoms with Gasteiger partial charge in [0.15, 0.2) is 0 Å². The minimum absolute atomic E-state index is 0.0267. The third kappa shape index (κ3) is 16.5. The van der Waals surface area contributed by atoms with E-state index in [9.17, 15) is 43.8 Å². The van der Waals surface area contributed by atoms with Crippen LogP contribution in [0.2, 0.25) is 0 Å². The van der Waals surface area contributed by atoms with Crippen molar-refractivity contribution in [3.05, 3.63) is 65.7 Å². The van der Waals surface area contributed by atoms with Crippen LogP contribution in [-0.2, 0) is 46.4 Å². The Hall–Kier alpha value is -4.89. The summed E-state index contributed by atoms with van der Waals surface area (Å²) >= 11 is 8.31. The van der Waals surface area contributed by atoms with Gasteiger partial charge in [-0.15, -0.1) is 0 Å². The number of primary amides is 1. The predicted octanol–water partition coefficient (Wildman–Crippen LogP) is -3.10. The van der Waals surface area contributed by atoms with Gasteiger partial charge < -0.3 is 59.3 Å². The lowest BCUT2D eigenvalue weighted by molar-refractivity contribution is -0.134. The lowest BCUT2D eigenvalue weighted by atomic mass is 10.0. The Kier molecular flexibility index (Phi) is 20.8. The molecule has 56 heavy (non-hydrogen) atoms. The summed E-state index contributed by atoms with van der Waals surface area (Å²) in [6.07, 6.45) is -0.169. The molecular formula is C36H53N9O9S2. The van der Waals surface area contributed by atoms with E-state index >= 15 is 0 Å². The molecule has 0 fully saturated rings. The Morgan fingerprint density at radius 3 is 1.77 bits per heavy atom. The monoisotopic (exact) mass is 819 g/mol. The van der Waals surface area contributed by atoms with Gasteiger partial charge in [-0.2, -0.15) is 25.3 Å². The van der Waals surface area contributed by atoms with Gasteiger partial charge in [-0.1, -0.05) is 42.5 Å². The maximum absolute atomic E-state index is 13.5. The van der Waals surface area contributed by atoms with Crippen molar-refractivity contribution in [3.8, 4) is 5.75 Å². The number of carbonyl (C=O) groups excluding carboxylic acids is 7. The molecule has 0 spiro atoms. The number of nitrogens with one attached hydrogen (secondary N) is 6.